The Morgan fingerprint density at radius 1 is 1.04 bits per heavy atom. The lowest BCUT2D eigenvalue weighted by Gasteiger charge is -2.28. The number of nitrogens with one attached hydrogen (secondary N) is 1. The summed E-state index contributed by atoms with van der Waals surface area (Å²) in [6.45, 7) is 5.60. The molecule has 0 heterocycles. The maximum atomic E-state index is 12.7. The molecule has 0 atom stereocenters. The van der Waals surface area contributed by atoms with E-state index in [1.165, 1.54) is 0 Å². The molecule has 1 aliphatic rings. The van der Waals surface area contributed by atoms with Crippen molar-refractivity contribution >= 4 is 17.4 Å². The topological polar surface area (TPSA) is 66.4 Å². The second-order valence-electron chi connectivity index (χ2n) is 7.15. The molecule has 2 aromatic carbocycles. The normalized spacial score (nSPS) is 15.0. The molecule has 4 nitrogen and oxygen atoms in total. The third-order valence-electron chi connectivity index (χ3n) is 4.93. The standard InChI is InChI=1S/C21H23NO3/c1-13(2)19(23)18-14(3)7-6-10-17(18)22-21(20(24)25)11-15-8-4-5-9-16(15)12-21/h4-10,13,22H,11-12H2,1-3H3,(H,24,25). The third kappa shape index (κ3) is 3.04. The number of aliphatic carboxylic acids is 1. The first-order valence-corrected chi connectivity index (χ1v) is 8.56. The third-order valence-corrected chi connectivity index (χ3v) is 4.93. The molecule has 0 fully saturated rings. The molecule has 0 aliphatic heterocycles. The predicted octanol–water partition coefficient (Wildman–Crippen LogP) is 3.87. The monoisotopic (exact) mass is 337 g/mol. The fourth-order valence-corrected chi connectivity index (χ4v) is 3.55. The number of carboxylic acid groups (broad SMARTS) is 1. The minimum Gasteiger partial charge on any atom is -0.479 e. The number of carboxylic acids is 1. The van der Waals surface area contributed by atoms with Crippen LogP contribution in [-0.2, 0) is 17.6 Å². The minimum atomic E-state index is -1.12. The highest BCUT2D eigenvalue weighted by atomic mass is 16.4. The van der Waals surface area contributed by atoms with Crippen LogP contribution >= 0.6 is 0 Å². The van der Waals surface area contributed by atoms with Crippen LogP contribution in [0.3, 0.4) is 0 Å². The van der Waals surface area contributed by atoms with E-state index in [0.717, 1.165) is 16.7 Å². The number of hydrogen-bond acceptors (Lipinski definition) is 3. The summed E-state index contributed by atoms with van der Waals surface area (Å²) in [5.74, 6) is -1.02. The molecule has 3 rings (SSSR count). The molecule has 1 aliphatic carbocycles. The van der Waals surface area contributed by atoms with Gasteiger partial charge in [-0.3, -0.25) is 4.79 Å². The Hall–Kier alpha value is -2.62. The maximum Gasteiger partial charge on any atom is 0.330 e. The molecule has 130 valence electrons. The van der Waals surface area contributed by atoms with E-state index in [1.807, 2.05) is 57.2 Å². The zero-order valence-corrected chi connectivity index (χ0v) is 14.8. The van der Waals surface area contributed by atoms with Crippen LogP contribution < -0.4 is 5.32 Å². The fraction of sp³-hybridized carbons (Fsp3) is 0.333. The molecule has 2 N–H and O–H groups in total. The zero-order chi connectivity index (χ0) is 18.2. The highest BCUT2D eigenvalue weighted by Gasteiger charge is 2.44. The van der Waals surface area contributed by atoms with Gasteiger partial charge < -0.3 is 10.4 Å². The molecule has 0 radical (unpaired) electrons. The van der Waals surface area contributed by atoms with Crippen molar-refractivity contribution in [3.63, 3.8) is 0 Å². The number of aryl methyl sites for hydroxylation is 1. The Morgan fingerprint density at radius 3 is 2.16 bits per heavy atom. The summed E-state index contributed by atoms with van der Waals surface area (Å²) in [5.41, 5.74) is 3.02. The molecule has 0 amide bonds. The zero-order valence-electron chi connectivity index (χ0n) is 14.8. The van der Waals surface area contributed by atoms with E-state index in [9.17, 15) is 14.7 Å². The number of hydrogen-bond donors (Lipinski definition) is 2. The second kappa shape index (κ2) is 6.36. The number of carbonyl (C=O) groups is 2. The van der Waals surface area contributed by atoms with Gasteiger partial charge in [-0.25, -0.2) is 4.79 Å². The molecule has 0 aromatic heterocycles. The van der Waals surface area contributed by atoms with Crippen LogP contribution in [0.25, 0.3) is 0 Å². The summed E-state index contributed by atoms with van der Waals surface area (Å²) in [6.07, 6.45) is 0.809. The average Bonchev–Trinajstić information content (AvgIpc) is 2.94. The first-order chi connectivity index (χ1) is 11.8. The van der Waals surface area contributed by atoms with Gasteiger partial charge in [-0.15, -0.1) is 0 Å². The van der Waals surface area contributed by atoms with Gasteiger partial charge in [-0.2, -0.15) is 0 Å². The van der Waals surface area contributed by atoms with Crippen LogP contribution in [0.2, 0.25) is 0 Å². The van der Waals surface area contributed by atoms with E-state index in [1.54, 1.807) is 6.07 Å². The summed E-state index contributed by atoms with van der Waals surface area (Å²) in [6, 6.07) is 13.3. The van der Waals surface area contributed by atoms with Gasteiger partial charge in [0, 0.05) is 30.0 Å². The SMILES string of the molecule is Cc1cccc(NC2(C(=O)O)Cc3ccccc3C2)c1C(=O)C(C)C. The van der Waals surface area contributed by atoms with Gasteiger partial charge in [-0.1, -0.05) is 50.2 Å². The Kier molecular flexibility index (Phi) is 4.38. The average molecular weight is 337 g/mol. The number of ketones is 1. The minimum absolute atomic E-state index is 0.0247. The highest BCUT2D eigenvalue weighted by Crippen LogP contribution is 2.35. The summed E-state index contributed by atoms with van der Waals surface area (Å²) in [4.78, 5) is 24.8. The Morgan fingerprint density at radius 2 is 1.64 bits per heavy atom. The van der Waals surface area contributed by atoms with Crippen molar-refractivity contribution in [3.05, 3.63) is 64.7 Å². The van der Waals surface area contributed by atoms with E-state index in [4.69, 9.17) is 0 Å². The smallest absolute Gasteiger partial charge is 0.330 e. The van der Waals surface area contributed by atoms with Crippen LogP contribution in [0.4, 0.5) is 5.69 Å². The number of rotatable bonds is 5. The lowest BCUT2D eigenvalue weighted by molar-refractivity contribution is -0.142. The quantitative estimate of drug-likeness (QED) is 0.813. The number of fused-ring (bicyclic) bond motifs is 1. The molecule has 25 heavy (non-hydrogen) atoms. The molecular formula is C21H23NO3. The molecule has 4 heteroatoms. The summed E-state index contributed by atoms with van der Waals surface area (Å²) in [5, 5.41) is 13.2. The maximum absolute atomic E-state index is 12.7. The Labute approximate surface area is 147 Å². The molecule has 2 aromatic rings. The van der Waals surface area contributed by atoms with Crippen molar-refractivity contribution in [1.82, 2.24) is 0 Å². The Bertz CT molecular complexity index is 814. The number of benzene rings is 2. The van der Waals surface area contributed by atoms with Gasteiger partial charge in [0.05, 0.1) is 0 Å². The van der Waals surface area contributed by atoms with Gasteiger partial charge in [0.15, 0.2) is 5.78 Å². The summed E-state index contributed by atoms with van der Waals surface area (Å²) >= 11 is 0. The van der Waals surface area contributed by atoms with Crippen LogP contribution in [0.1, 0.15) is 40.9 Å². The number of Topliss-reactive ketones (excluding diaryl/α,β-unsaturated/α-hetero) is 1. The van der Waals surface area contributed by atoms with Crippen LogP contribution in [0.5, 0.6) is 0 Å². The summed E-state index contributed by atoms with van der Waals surface area (Å²) < 4.78 is 0. The second-order valence-corrected chi connectivity index (χ2v) is 7.15. The molecular weight excluding hydrogens is 314 g/mol. The molecule has 0 unspecified atom stereocenters. The first kappa shape index (κ1) is 17.2. The van der Waals surface area contributed by atoms with E-state index >= 15 is 0 Å². The van der Waals surface area contributed by atoms with Gasteiger partial charge >= 0.3 is 5.97 Å². The van der Waals surface area contributed by atoms with Gasteiger partial charge in [0.2, 0.25) is 0 Å². The number of anilines is 1. The van der Waals surface area contributed by atoms with Crippen LogP contribution in [0, 0.1) is 12.8 Å². The van der Waals surface area contributed by atoms with Crippen molar-refractivity contribution in [1.29, 1.82) is 0 Å². The van der Waals surface area contributed by atoms with Gasteiger partial charge in [-0.05, 0) is 29.7 Å². The molecule has 0 bridgehead atoms. The van der Waals surface area contributed by atoms with Crippen molar-refractivity contribution in [2.75, 3.05) is 5.32 Å². The Balaban J connectivity index is 2.03. The number of carbonyl (C=O) groups excluding carboxylic acids is 1. The largest absolute Gasteiger partial charge is 0.479 e. The lowest BCUT2D eigenvalue weighted by atomic mass is 9.91. The predicted molar refractivity (Wildman–Crippen MR) is 98.2 cm³/mol. The van der Waals surface area contributed by atoms with E-state index < -0.39 is 11.5 Å². The first-order valence-electron chi connectivity index (χ1n) is 8.56. The van der Waals surface area contributed by atoms with Crippen LogP contribution in [-0.4, -0.2) is 22.4 Å². The van der Waals surface area contributed by atoms with Gasteiger partial charge in [0.1, 0.15) is 5.54 Å². The van der Waals surface area contributed by atoms with Gasteiger partial charge in [0.25, 0.3) is 0 Å². The van der Waals surface area contributed by atoms with E-state index in [2.05, 4.69) is 5.32 Å². The van der Waals surface area contributed by atoms with Crippen molar-refractivity contribution in [2.45, 2.75) is 39.2 Å². The van der Waals surface area contributed by atoms with E-state index in [0.29, 0.717) is 24.1 Å². The lowest BCUT2D eigenvalue weighted by Crippen LogP contribution is -2.47. The highest BCUT2D eigenvalue weighted by molar-refractivity contribution is 6.04. The van der Waals surface area contributed by atoms with E-state index in [-0.39, 0.29) is 11.7 Å². The van der Waals surface area contributed by atoms with Crippen molar-refractivity contribution in [2.24, 2.45) is 5.92 Å². The van der Waals surface area contributed by atoms with Crippen molar-refractivity contribution < 1.29 is 14.7 Å². The molecule has 0 saturated heterocycles. The molecule has 0 saturated carbocycles. The van der Waals surface area contributed by atoms with Crippen molar-refractivity contribution in [3.8, 4) is 0 Å². The fourth-order valence-electron chi connectivity index (χ4n) is 3.55. The summed E-state index contributed by atoms with van der Waals surface area (Å²) in [7, 11) is 0. The van der Waals surface area contributed by atoms with Crippen LogP contribution in [0.15, 0.2) is 42.5 Å². The molecule has 0 spiro atoms.